The summed E-state index contributed by atoms with van der Waals surface area (Å²) in [5.74, 6) is 0.519. The van der Waals surface area contributed by atoms with Crippen LogP contribution in [0.4, 0.5) is 5.82 Å². The fraction of sp³-hybridized carbons (Fsp3) is 0.200. The standard InChI is InChI=1S/C10H9BrClN3OS/c1-5(6-2-3-7(12)17-6)15-9-8(11)10(16)14-4-13-9/h2-5H,1H3,(H2,13,14,15,16). The van der Waals surface area contributed by atoms with Gasteiger partial charge in [-0.1, -0.05) is 11.6 Å². The molecule has 1 atom stereocenters. The molecule has 0 spiro atoms. The minimum absolute atomic E-state index is 0.0399. The Bertz CT molecular complexity index is 583. The van der Waals surface area contributed by atoms with Crippen molar-refractivity contribution in [3.8, 4) is 0 Å². The predicted molar refractivity (Wildman–Crippen MR) is 73.9 cm³/mol. The molecule has 0 aromatic carbocycles. The molecule has 2 N–H and O–H groups in total. The fourth-order valence-electron chi connectivity index (χ4n) is 1.32. The molecule has 2 aromatic rings. The zero-order valence-corrected chi connectivity index (χ0v) is 12.0. The molecule has 1 unspecified atom stereocenters. The van der Waals surface area contributed by atoms with Gasteiger partial charge in [0.15, 0.2) is 0 Å². The van der Waals surface area contributed by atoms with Crippen LogP contribution in [0.1, 0.15) is 17.8 Å². The second kappa shape index (κ2) is 5.20. The maximum atomic E-state index is 11.4. The minimum Gasteiger partial charge on any atom is -0.362 e. The highest BCUT2D eigenvalue weighted by atomic mass is 79.9. The Morgan fingerprint density at radius 3 is 3.00 bits per heavy atom. The largest absolute Gasteiger partial charge is 0.362 e. The van der Waals surface area contributed by atoms with E-state index in [9.17, 15) is 4.79 Å². The molecule has 17 heavy (non-hydrogen) atoms. The summed E-state index contributed by atoms with van der Waals surface area (Å²) in [6.07, 6.45) is 1.36. The Morgan fingerprint density at radius 1 is 1.59 bits per heavy atom. The molecule has 90 valence electrons. The normalized spacial score (nSPS) is 12.4. The molecule has 0 fully saturated rings. The van der Waals surface area contributed by atoms with Gasteiger partial charge >= 0.3 is 0 Å². The molecule has 0 amide bonds. The Kier molecular flexibility index (Phi) is 3.86. The van der Waals surface area contributed by atoms with E-state index in [1.54, 1.807) is 0 Å². The van der Waals surface area contributed by atoms with Crippen LogP contribution in [0.25, 0.3) is 0 Å². The van der Waals surface area contributed by atoms with E-state index in [0.29, 0.717) is 10.3 Å². The van der Waals surface area contributed by atoms with Gasteiger partial charge < -0.3 is 10.3 Å². The number of aromatic nitrogens is 2. The van der Waals surface area contributed by atoms with E-state index in [4.69, 9.17) is 11.6 Å². The number of halogens is 2. The lowest BCUT2D eigenvalue weighted by molar-refractivity contribution is 0.887. The fourth-order valence-corrected chi connectivity index (χ4v) is 2.72. The number of thiophene rings is 1. The van der Waals surface area contributed by atoms with Gasteiger partial charge in [0.25, 0.3) is 5.56 Å². The number of hydrogen-bond acceptors (Lipinski definition) is 4. The quantitative estimate of drug-likeness (QED) is 0.904. The molecule has 7 heteroatoms. The van der Waals surface area contributed by atoms with Crippen LogP contribution in [0.2, 0.25) is 4.34 Å². The minimum atomic E-state index is -0.209. The number of nitrogens with one attached hydrogen (secondary N) is 2. The number of nitrogens with zero attached hydrogens (tertiary/aromatic N) is 1. The van der Waals surface area contributed by atoms with E-state index in [2.05, 4.69) is 31.2 Å². The molecule has 0 saturated carbocycles. The molecule has 0 saturated heterocycles. The first kappa shape index (κ1) is 12.6. The Balaban J connectivity index is 2.21. The van der Waals surface area contributed by atoms with Gasteiger partial charge in [-0.15, -0.1) is 11.3 Å². The second-order valence-corrected chi connectivity index (χ2v) is 5.94. The van der Waals surface area contributed by atoms with Gasteiger partial charge in [-0.25, -0.2) is 4.98 Å². The first-order valence-corrected chi connectivity index (χ1v) is 6.81. The van der Waals surface area contributed by atoms with Gasteiger partial charge in [-0.3, -0.25) is 4.79 Å². The van der Waals surface area contributed by atoms with Gasteiger partial charge in [-0.05, 0) is 35.0 Å². The van der Waals surface area contributed by atoms with Crippen LogP contribution in [-0.2, 0) is 0 Å². The molecule has 2 rings (SSSR count). The van der Waals surface area contributed by atoms with Crippen LogP contribution in [0, 0.1) is 0 Å². The number of aromatic amines is 1. The van der Waals surface area contributed by atoms with Crippen LogP contribution >= 0.6 is 38.9 Å². The van der Waals surface area contributed by atoms with E-state index < -0.39 is 0 Å². The molecule has 0 aliphatic heterocycles. The van der Waals surface area contributed by atoms with E-state index in [1.807, 2.05) is 19.1 Å². The monoisotopic (exact) mass is 333 g/mol. The van der Waals surface area contributed by atoms with E-state index in [1.165, 1.54) is 17.7 Å². The summed E-state index contributed by atoms with van der Waals surface area (Å²) in [6.45, 7) is 1.98. The highest BCUT2D eigenvalue weighted by Crippen LogP contribution is 2.29. The van der Waals surface area contributed by atoms with Crippen LogP contribution in [-0.4, -0.2) is 9.97 Å². The zero-order valence-electron chi connectivity index (χ0n) is 8.83. The number of hydrogen-bond donors (Lipinski definition) is 2. The lowest BCUT2D eigenvalue weighted by Gasteiger charge is -2.13. The van der Waals surface area contributed by atoms with Crippen molar-refractivity contribution in [1.29, 1.82) is 0 Å². The van der Waals surface area contributed by atoms with E-state index >= 15 is 0 Å². The van der Waals surface area contributed by atoms with Crippen LogP contribution < -0.4 is 10.9 Å². The number of H-pyrrole nitrogens is 1. The summed E-state index contributed by atoms with van der Waals surface area (Å²) >= 11 is 10.6. The second-order valence-electron chi connectivity index (χ2n) is 3.40. The number of rotatable bonds is 3. The molecule has 2 aromatic heterocycles. The van der Waals surface area contributed by atoms with Crippen molar-refractivity contribution < 1.29 is 0 Å². The molecule has 0 bridgehead atoms. The SMILES string of the molecule is CC(Nc1nc[nH]c(=O)c1Br)c1ccc(Cl)s1. The maximum absolute atomic E-state index is 11.4. The molecule has 0 radical (unpaired) electrons. The van der Waals surface area contributed by atoms with Crippen LogP contribution in [0.5, 0.6) is 0 Å². The molecule has 0 aliphatic carbocycles. The average Bonchev–Trinajstić information content (AvgIpc) is 2.72. The van der Waals surface area contributed by atoms with Crippen molar-refractivity contribution in [3.63, 3.8) is 0 Å². The van der Waals surface area contributed by atoms with Crippen molar-refractivity contribution in [1.82, 2.24) is 9.97 Å². The first-order valence-electron chi connectivity index (χ1n) is 4.83. The van der Waals surface area contributed by atoms with Crippen molar-refractivity contribution in [2.45, 2.75) is 13.0 Å². The third-order valence-electron chi connectivity index (χ3n) is 2.17. The van der Waals surface area contributed by atoms with Crippen molar-refractivity contribution >= 4 is 44.7 Å². The lowest BCUT2D eigenvalue weighted by Crippen LogP contribution is -2.14. The Labute approximate surface area is 115 Å². The Hall–Kier alpha value is -0.850. The van der Waals surface area contributed by atoms with Gasteiger partial charge in [0.2, 0.25) is 0 Å². The highest BCUT2D eigenvalue weighted by molar-refractivity contribution is 9.10. The predicted octanol–water partition coefficient (Wildman–Crippen LogP) is 3.42. The molecule has 4 nitrogen and oxygen atoms in total. The molecular weight excluding hydrogens is 326 g/mol. The van der Waals surface area contributed by atoms with Crippen LogP contribution in [0.15, 0.2) is 27.7 Å². The third kappa shape index (κ3) is 2.88. The van der Waals surface area contributed by atoms with Crippen molar-refractivity contribution in [2.24, 2.45) is 0 Å². The van der Waals surface area contributed by atoms with Gasteiger partial charge in [0, 0.05) is 4.88 Å². The van der Waals surface area contributed by atoms with Crippen LogP contribution in [0.3, 0.4) is 0 Å². The van der Waals surface area contributed by atoms with E-state index in [0.717, 1.165) is 9.21 Å². The lowest BCUT2D eigenvalue weighted by atomic mass is 10.3. The summed E-state index contributed by atoms with van der Waals surface area (Å²) < 4.78 is 1.14. The Morgan fingerprint density at radius 2 is 2.35 bits per heavy atom. The summed E-state index contributed by atoms with van der Waals surface area (Å²) in [6, 6.07) is 3.84. The smallest absolute Gasteiger partial charge is 0.267 e. The number of anilines is 1. The highest BCUT2D eigenvalue weighted by Gasteiger charge is 2.12. The molecular formula is C10H9BrClN3OS. The topological polar surface area (TPSA) is 57.8 Å². The first-order chi connectivity index (χ1) is 8.08. The zero-order chi connectivity index (χ0) is 12.4. The van der Waals surface area contributed by atoms with Gasteiger partial charge in [-0.2, -0.15) is 0 Å². The van der Waals surface area contributed by atoms with Gasteiger partial charge in [0.05, 0.1) is 16.7 Å². The summed E-state index contributed by atoms with van der Waals surface area (Å²) in [7, 11) is 0. The maximum Gasteiger partial charge on any atom is 0.267 e. The van der Waals surface area contributed by atoms with Crippen molar-refractivity contribution in [3.05, 3.63) is 42.5 Å². The van der Waals surface area contributed by atoms with Crippen molar-refractivity contribution in [2.75, 3.05) is 5.32 Å². The molecule has 0 aliphatic rings. The van der Waals surface area contributed by atoms with E-state index in [-0.39, 0.29) is 11.6 Å². The average molecular weight is 335 g/mol. The summed E-state index contributed by atoms with van der Waals surface area (Å²) in [4.78, 5) is 19.0. The third-order valence-corrected chi connectivity index (χ3v) is 4.32. The summed E-state index contributed by atoms with van der Waals surface area (Å²) in [5, 5.41) is 3.15. The summed E-state index contributed by atoms with van der Waals surface area (Å²) in [5.41, 5.74) is -0.209. The molecule has 2 heterocycles. The van der Waals surface area contributed by atoms with Gasteiger partial charge in [0.1, 0.15) is 10.3 Å².